The van der Waals surface area contributed by atoms with Gasteiger partial charge in [0.25, 0.3) is 16.0 Å². The predicted octanol–water partition coefficient (Wildman–Crippen LogP) is 4.56. The number of ether oxygens (including phenoxy) is 1. The monoisotopic (exact) mass is 615 g/mol. The molecule has 0 unspecified atom stereocenters. The van der Waals surface area contributed by atoms with Gasteiger partial charge < -0.3 is 24.8 Å². The van der Waals surface area contributed by atoms with E-state index in [-0.39, 0.29) is 29.8 Å². The van der Waals surface area contributed by atoms with Crippen molar-refractivity contribution in [2.75, 3.05) is 30.0 Å². The molecule has 2 amide bonds. The Morgan fingerprint density at radius 3 is 2.23 bits per heavy atom. The SMILES string of the molecule is CC(C)N1CCC(Oc2ccc(C(=O)Nc3ccc(CC(=O)Nc4cc(C(C)(C)C)on4)cc3)nc2)CC1.CS(=O)(=O)O. The first kappa shape index (κ1) is 33.7. The molecule has 2 aromatic heterocycles. The van der Waals surface area contributed by atoms with Crippen LogP contribution < -0.4 is 15.4 Å². The van der Waals surface area contributed by atoms with Gasteiger partial charge in [-0.15, -0.1) is 0 Å². The minimum Gasteiger partial charge on any atom is -0.489 e. The first-order chi connectivity index (χ1) is 20.1. The Hall–Kier alpha value is -3.81. The van der Waals surface area contributed by atoms with Gasteiger partial charge in [-0.05, 0) is 56.5 Å². The molecule has 1 saturated heterocycles. The van der Waals surface area contributed by atoms with Gasteiger partial charge in [-0.2, -0.15) is 8.42 Å². The molecule has 1 aromatic carbocycles. The van der Waals surface area contributed by atoms with E-state index < -0.39 is 10.1 Å². The molecule has 12 nitrogen and oxygen atoms in total. The number of hydrogen-bond acceptors (Lipinski definition) is 9. The second kappa shape index (κ2) is 14.6. The zero-order chi connectivity index (χ0) is 31.8. The van der Waals surface area contributed by atoms with Crippen LogP contribution in [-0.4, -0.2) is 71.3 Å². The van der Waals surface area contributed by atoms with Crippen molar-refractivity contribution in [3.8, 4) is 5.75 Å². The smallest absolute Gasteiger partial charge is 0.274 e. The highest BCUT2D eigenvalue weighted by Gasteiger charge is 2.22. The van der Waals surface area contributed by atoms with Crippen LogP contribution in [0.2, 0.25) is 0 Å². The normalized spacial score (nSPS) is 14.5. The highest BCUT2D eigenvalue weighted by Crippen LogP contribution is 2.24. The van der Waals surface area contributed by atoms with Crippen LogP contribution in [0.15, 0.2) is 53.2 Å². The van der Waals surface area contributed by atoms with Crippen molar-refractivity contribution in [1.29, 1.82) is 0 Å². The van der Waals surface area contributed by atoms with Crippen molar-refractivity contribution in [3.63, 3.8) is 0 Å². The lowest BCUT2D eigenvalue weighted by Gasteiger charge is -2.34. The summed E-state index contributed by atoms with van der Waals surface area (Å²) in [6.45, 7) is 12.5. The fraction of sp³-hybridized carbons (Fsp3) is 0.467. The number of benzene rings is 1. The van der Waals surface area contributed by atoms with E-state index in [9.17, 15) is 18.0 Å². The van der Waals surface area contributed by atoms with Crippen LogP contribution in [-0.2, 0) is 26.7 Å². The molecule has 0 atom stereocenters. The molecule has 1 fully saturated rings. The van der Waals surface area contributed by atoms with Gasteiger partial charge >= 0.3 is 0 Å². The number of anilines is 2. The van der Waals surface area contributed by atoms with Gasteiger partial charge in [0.15, 0.2) is 5.82 Å². The van der Waals surface area contributed by atoms with Gasteiger partial charge in [0.2, 0.25) is 5.91 Å². The molecule has 1 aliphatic heterocycles. The van der Waals surface area contributed by atoms with Gasteiger partial charge in [0.05, 0.1) is 18.9 Å². The Balaban J connectivity index is 0.000000934. The van der Waals surface area contributed by atoms with Crippen molar-refractivity contribution >= 4 is 33.4 Å². The van der Waals surface area contributed by atoms with Crippen LogP contribution >= 0.6 is 0 Å². The van der Waals surface area contributed by atoms with Crippen molar-refractivity contribution in [3.05, 3.63) is 65.7 Å². The molecule has 3 aromatic rings. The lowest BCUT2D eigenvalue weighted by Crippen LogP contribution is -2.41. The van der Waals surface area contributed by atoms with Gasteiger partial charge in [-0.1, -0.05) is 38.1 Å². The van der Waals surface area contributed by atoms with E-state index in [0.717, 1.165) is 31.5 Å². The molecule has 4 rings (SSSR count). The average molecular weight is 616 g/mol. The van der Waals surface area contributed by atoms with Crippen LogP contribution in [0.3, 0.4) is 0 Å². The first-order valence-corrected chi connectivity index (χ1v) is 15.9. The summed E-state index contributed by atoms with van der Waals surface area (Å²) in [7, 11) is -3.67. The maximum Gasteiger partial charge on any atom is 0.274 e. The third kappa shape index (κ3) is 11.8. The van der Waals surface area contributed by atoms with Crippen LogP contribution in [0.1, 0.15) is 69.3 Å². The Kier molecular flexibility index (Phi) is 11.4. The molecule has 3 heterocycles. The fourth-order valence-corrected chi connectivity index (χ4v) is 4.25. The van der Waals surface area contributed by atoms with Gasteiger partial charge in [0, 0.05) is 36.3 Å². The summed E-state index contributed by atoms with van der Waals surface area (Å²) < 4.78 is 37.2. The molecule has 0 radical (unpaired) electrons. The standard InChI is InChI=1S/C29H37N5O4.CH4O3S/c1-19(2)34-14-12-22(13-15-34)37-23-10-11-24(30-18-23)28(36)31-21-8-6-20(7-9-21)16-27(35)32-26-17-25(38-33-26)29(3,4)5;1-5(2,3)4/h6-11,17-19,22H,12-16H2,1-5H3,(H,31,36)(H,32,33,35);1H3,(H,2,3,4). The van der Waals surface area contributed by atoms with E-state index in [1.54, 1.807) is 48.7 Å². The number of rotatable bonds is 8. The van der Waals surface area contributed by atoms with Crippen molar-refractivity contribution in [2.45, 2.75) is 71.4 Å². The van der Waals surface area contributed by atoms with Crippen molar-refractivity contribution < 1.29 is 31.8 Å². The molecule has 1 aliphatic rings. The molecule has 13 heteroatoms. The number of likely N-dealkylation sites (tertiary alicyclic amines) is 1. The molecule has 0 bridgehead atoms. The second-order valence-corrected chi connectivity index (χ2v) is 13.2. The van der Waals surface area contributed by atoms with E-state index >= 15 is 0 Å². The van der Waals surface area contributed by atoms with Crippen molar-refractivity contribution in [1.82, 2.24) is 15.0 Å². The second-order valence-electron chi connectivity index (χ2n) is 11.8. The van der Waals surface area contributed by atoms with Crippen LogP contribution in [0.25, 0.3) is 0 Å². The van der Waals surface area contributed by atoms with Crippen LogP contribution in [0.4, 0.5) is 11.5 Å². The Bertz CT molecular complexity index is 1450. The summed E-state index contributed by atoms with van der Waals surface area (Å²) in [6.07, 6.45) is 4.62. The molecular formula is C30H41N5O7S. The Labute approximate surface area is 252 Å². The zero-order valence-electron chi connectivity index (χ0n) is 25.5. The first-order valence-electron chi connectivity index (χ1n) is 14.0. The molecule has 3 N–H and O–H groups in total. The molecule has 0 spiro atoms. The third-order valence-electron chi connectivity index (χ3n) is 6.57. The number of amides is 2. The number of carbonyl (C=O) groups is 2. The van der Waals surface area contributed by atoms with Crippen LogP contribution in [0, 0.1) is 0 Å². The van der Waals surface area contributed by atoms with E-state index in [2.05, 4.69) is 39.5 Å². The number of hydrogen-bond donors (Lipinski definition) is 3. The van der Waals surface area contributed by atoms with Crippen LogP contribution in [0.5, 0.6) is 5.75 Å². The molecular weight excluding hydrogens is 574 g/mol. The summed E-state index contributed by atoms with van der Waals surface area (Å²) in [6, 6.07) is 12.9. The predicted molar refractivity (Wildman–Crippen MR) is 164 cm³/mol. The average Bonchev–Trinajstić information content (AvgIpc) is 3.39. The molecule has 0 aliphatic carbocycles. The number of nitrogens with zero attached hydrogens (tertiary/aromatic N) is 3. The summed E-state index contributed by atoms with van der Waals surface area (Å²) >= 11 is 0. The topological polar surface area (TPSA) is 164 Å². The quantitative estimate of drug-likeness (QED) is 0.306. The van der Waals surface area contributed by atoms with E-state index in [1.807, 2.05) is 20.8 Å². The number of pyridine rings is 1. The summed E-state index contributed by atoms with van der Waals surface area (Å²) in [4.78, 5) is 31.8. The fourth-order valence-electron chi connectivity index (χ4n) is 4.25. The number of aromatic nitrogens is 2. The minimum absolute atomic E-state index is 0.170. The maximum absolute atomic E-state index is 12.7. The number of piperidine rings is 1. The summed E-state index contributed by atoms with van der Waals surface area (Å²) in [5.41, 5.74) is 1.54. The third-order valence-corrected chi connectivity index (χ3v) is 6.57. The molecule has 234 valence electrons. The molecule has 43 heavy (non-hydrogen) atoms. The lowest BCUT2D eigenvalue weighted by molar-refractivity contribution is -0.115. The minimum atomic E-state index is -3.67. The van der Waals surface area contributed by atoms with E-state index in [4.69, 9.17) is 13.8 Å². The Morgan fingerprint density at radius 1 is 1.09 bits per heavy atom. The number of carbonyl (C=O) groups excluding carboxylic acids is 2. The van der Waals surface area contributed by atoms with E-state index in [1.165, 1.54) is 0 Å². The van der Waals surface area contributed by atoms with Gasteiger partial charge in [-0.25, -0.2) is 4.98 Å². The summed E-state index contributed by atoms with van der Waals surface area (Å²) in [5.74, 6) is 1.25. The van der Waals surface area contributed by atoms with Gasteiger partial charge in [-0.3, -0.25) is 14.1 Å². The van der Waals surface area contributed by atoms with Gasteiger partial charge in [0.1, 0.15) is 23.3 Å². The van der Waals surface area contributed by atoms with Crippen molar-refractivity contribution in [2.24, 2.45) is 0 Å². The number of nitrogens with one attached hydrogen (secondary N) is 2. The largest absolute Gasteiger partial charge is 0.489 e. The summed E-state index contributed by atoms with van der Waals surface area (Å²) in [5, 5.41) is 9.51. The lowest BCUT2D eigenvalue weighted by atomic mass is 9.93. The Morgan fingerprint density at radius 2 is 1.72 bits per heavy atom. The maximum atomic E-state index is 12.7. The zero-order valence-corrected chi connectivity index (χ0v) is 26.3. The van der Waals surface area contributed by atoms with E-state index in [0.29, 0.717) is 41.0 Å². The highest BCUT2D eigenvalue weighted by molar-refractivity contribution is 7.85. The molecule has 0 saturated carbocycles. The highest BCUT2D eigenvalue weighted by atomic mass is 32.2.